The molecule has 0 fully saturated rings. The van der Waals surface area contributed by atoms with Gasteiger partial charge in [-0.1, -0.05) is 6.07 Å². The Labute approximate surface area is 199 Å². The molecule has 2 aromatic heterocycles. The van der Waals surface area contributed by atoms with E-state index in [9.17, 15) is 21.5 Å². The van der Waals surface area contributed by atoms with Crippen LogP contribution in [0.3, 0.4) is 0 Å². The molecule has 35 heavy (non-hydrogen) atoms. The number of benzene rings is 2. The van der Waals surface area contributed by atoms with Crippen molar-refractivity contribution in [1.82, 2.24) is 19.7 Å². The van der Waals surface area contributed by atoms with E-state index in [0.717, 1.165) is 12.1 Å². The van der Waals surface area contributed by atoms with Crippen LogP contribution in [-0.2, 0) is 16.8 Å². The zero-order valence-corrected chi connectivity index (χ0v) is 19.1. The Balaban J connectivity index is 1.60. The first-order valence-electron chi connectivity index (χ1n) is 10.2. The summed E-state index contributed by atoms with van der Waals surface area (Å²) in [6, 6.07) is 9.46. The quantitative estimate of drug-likeness (QED) is 0.339. The van der Waals surface area contributed by atoms with E-state index >= 15 is 0 Å². The predicted octanol–water partition coefficient (Wildman–Crippen LogP) is 4.05. The van der Waals surface area contributed by atoms with E-state index in [1.54, 1.807) is 23.0 Å². The lowest BCUT2D eigenvalue weighted by molar-refractivity contribution is 0.262. The summed E-state index contributed by atoms with van der Waals surface area (Å²) in [7, 11) is -4.86. The number of nitrogen functional groups attached to an aromatic ring is 1. The lowest BCUT2D eigenvalue weighted by atomic mass is 10.0. The van der Waals surface area contributed by atoms with Gasteiger partial charge in [-0.05, 0) is 55.0 Å². The maximum atomic E-state index is 14.5. The summed E-state index contributed by atoms with van der Waals surface area (Å²) >= 11 is 0. The van der Waals surface area contributed by atoms with Gasteiger partial charge in [-0.3, -0.25) is 4.68 Å². The number of nitrogens with two attached hydrogens (primary N) is 1. The second-order valence-corrected chi connectivity index (χ2v) is 8.63. The highest BCUT2D eigenvalue weighted by Crippen LogP contribution is 2.32. The second kappa shape index (κ2) is 9.46. The maximum absolute atomic E-state index is 14.5. The maximum Gasteiger partial charge on any atom is 0.332 e. The second-order valence-electron chi connectivity index (χ2n) is 7.28. The third-order valence-corrected chi connectivity index (χ3v) is 5.76. The molecule has 0 spiro atoms. The molecule has 13 heteroatoms. The molecule has 10 nitrogen and oxygen atoms in total. The topological polar surface area (TPSA) is 145 Å². The predicted molar refractivity (Wildman–Crippen MR) is 126 cm³/mol. The summed E-state index contributed by atoms with van der Waals surface area (Å²) in [4.78, 5) is 20.0. The van der Waals surface area contributed by atoms with Crippen molar-refractivity contribution in [3.8, 4) is 22.5 Å². The fourth-order valence-electron chi connectivity index (χ4n) is 3.26. The van der Waals surface area contributed by atoms with Gasteiger partial charge in [0.25, 0.3) is 0 Å². The Kier molecular flexibility index (Phi) is 6.42. The van der Waals surface area contributed by atoms with Crippen LogP contribution in [0, 0.1) is 5.82 Å². The third kappa shape index (κ3) is 5.41. The number of carbonyl (C=O) groups is 1. The molecule has 0 saturated heterocycles. The number of halogens is 2. The molecular formula is C22H19F2N7O3S. The molecule has 2 amide bonds. The van der Waals surface area contributed by atoms with Crippen molar-refractivity contribution < 1.29 is 21.5 Å². The van der Waals surface area contributed by atoms with Crippen molar-refractivity contribution in [2.24, 2.45) is 0 Å². The van der Waals surface area contributed by atoms with Crippen molar-refractivity contribution in [1.29, 1.82) is 0 Å². The summed E-state index contributed by atoms with van der Waals surface area (Å²) in [5, 5.41) is 9.36. The van der Waals surface area contributed by atoms with Gasteiger partial charge >= 0.3 is 16.3 Å². The molecule has 0 radical (unpaired) electrons. The lowest BCUT2D eigenvalue weighted by Crippen LogP contribution is -2.20. The van der Waals surface area contributed by atoms with E-state index in [1.807, 2.05) is 6.92 Å². The van der Waals surface area contributed by atoms with Crippen LogP contribution in [0.5, 0.6) is 0 Å². The molecule has 0 aliphatic heterocycles. The van der Waals surface area contributed by atoms with Gasteiger partial charge in [-0.2, -0.15) is 13.5 Å². The molecule has 0 aliphatic carbocycles. The summed E-state index contributed by atoms with van der Waals surface area (Å²) in [5.41, 5.74) is 7.96. The van der Waals surface area contributed by atoms with Crippen LogP contribution in [0.2, 0.25) is 0 Å². The molecule has 0 bridgehead atoms. The number of anilines is 3. The van der Waals surface area contributed by atoms with Crippen LogP contribution < -0.4 is 16.4 Å². The Morgan fingerprint density at radius 1 is 1.11 bits per heavy atom. The van der Waals surface area contributed by atoms with E-state index in [-0.39, 0.29) is 17.3 Å². The first kappa shape index (κ1) is 23.8. The standard InChI is InChI=1S/C22H19F2N7O3S/c1-2-31-12-16(20(30-31)18-9-10-26-21(25)28-18)13-3-8-17(23)19(11-13)29-22(32)27-14-4-6-15(7-5-14)35(24,33)34/h3-12H,2H2,1H3,(H2,25,26,28)(H2,27,29,32). The van der Waals surface area contributed by atoms with Gasteiger partial charge in [-0.25, -0.2) is 19.2 Å². The number of rotatable bonds is 6. The zero-order chi connectivity index (χ0) is 25.2. The van der Waals surface area contributed by atoms with Gasteiger partial charge in [0.05, 0.1) is 16.3 Å². The Bertz CT molecular complexity index is 1510. The average molecular weight is 500 g/mol. The highest BCUT2D eigenvalue weighted by molar-refractivity contribution is 7.86. The number of hydrogen-bond acceptors (Lipinski definition) is 7. The van der Waals surface area contributed by atoms with Gasteiger partial charge in [-0.15, -0.1) is 3.89 Å². The number of aromatic nitrogens is 4. The van der Waals surface area contributed by atoms with Gasteiger partial charge in [0, 0.05) is 30.2 Å². The number of carbonyl (C=O) groups excluding carboxylic acids is 1. The number of amides is 2. The van der Waals surface area contributed by atoms with Crippen LogP contribution in [0.4, 0.5) is 30.4 Å². The largest absolute Gasteiger partial charge is 0.368 e. The van der Waals surface area contributed by atoms with Crippen LogP contribution in [0.15, 0.2) is 65.8 Å². The van der Waals surface area contributed by atoms with Crippen molar-refractivity contribution in [3.05, 3.63) is 66.7 Å². The van der Waals surface area contributed by atoms with Crippen LogP contribution in [0.25, 0.3) is 22.5 Å². The first-order chi connectivity index (χ1) is 16.6. The van der Waals surface area contributed by atoms with Crippen molar-refractivity contribution >= 4 is 33.6 Å². The monoisotopic (exact) mass is 499 g/mol. The highest BCUT2D eigenvalue weighted by atomic mass is 32.3. The summed E-state index contributed by atoms with van der Waals surface area (Å²) in [6.07, 6.45) is 3.27. The van der Waals surface area contributed by atoms with Crippen molar-refractivity contribution in [2.75, 3.05) is 16.4 Å². The Morgan fingerprint density at radius 3 is 2.51 bits per heavy atom. The van der Waals surface area contributed by atoms with E-state index < -0.39 is 27.0 Å². The van der Waals surface area contributed by atoms with Crippen molar-refractivity contribution in [3.63, 3.8) is 0 Å². The average Bonchev–Trinajstić information content (AvgIpc) is 3.25. The zero-order valence-electron chi connectivity index (χ0n) is 18.2. The fraction of sp³-hybridized carbons (Fsp3) is 0.0909. The number of hydrogen-bond donors (Lipinski definition) is 3. The molecule has 180 valence electrons. The smallest absolute Gasteiger partial charge is 0.332 e. The molecule has 0 atom stereocenters. The number of nitrogens with one attached hydrogen (secondary N) is 2. The van der Waals surface area contributed by atoms with Crippen LogP contribution in [-0.4, -0.2) is 34.2 Å². The lowest BCUT2D eigenvalue weighted by Gasteiger charge is -2.11. The van der Waals surface area contributed by atoms with Crippen LogP contribution >= 0.6 is 0 Å². The van der Waals surface area contributed by atoms with Gasteiger partial charge < -0.3 is 16.4 Å². The fourth-order valence-corrected chi connectivity index (χ4v) is 3.72. The first-order valence-corrected chi connectivity index (χ1v) is 11.6. The molecular weight excluding hydrogens is 480 g/mol. The highest BCUT2D eigenvalue weighted by Gasteiger charge is 2.17. The van der Waals surface area contributed by atoms with E-state index in [2.05, 4.69) is 25.7 Å². The Morgan fingerprint density at radius 2 is 1.86 bits per heavy atom. The SMILES string of the molecule is CCn1cc(-c2ccc(F)c(NC(=O)Nc3ccc(S(=O)(=O)F)cc3)c2)c(-c2ccnc(N)n2)n1. The Hall–Kier alpha value is -4.39. The molecule has 0 unspecified atom stereocenters. The van der Waals surface area contributed by atoms with Crippen LogP contribution in [0.1, 0.15) is 6.92 Å². The van der Waals surface area contributed by atoms with Crippen molar-refractivity contribution in [2.45, 2.75) is 18.4 Å². The van der Waals surface area contributed by atoms with Gasteiger partial charge in [0.2, 0.25) is 5.95 Å². The molecule has 4 N–H and O–H groups in total. The summed E-state index contributed by atoms with van der Waals surface area (Å²) in [5.74, 6) is -0.603. The number of urea groups is 1. The molecule has 0 saturated carbocycles. The molecule has 0 aliphatic rings. The van der Waals surface area contributed by atoms with E-state index in [0.29, 0.717) is 29.1 Å². The van der Waals surface area contributed by atoms with Gasteiger partial charge in [0.1, 0.15) is 11.5 Å². The minimum Gasteiger partial charge on any atom is -0.368 e. The molecule has 2 heterocycles. The summed E-state index contributed by atoms with van der Waals surface area (Å²) < 4.78 is 51.1. The normalized spacial score (nSPS) is 11.3. The minimum atomic E-state index is -4.86. The molecule has 4 rings (SSSR count). The number of nitrogens with zero attached hydrogens (tertiary/aromatic N) is 4. The summed E-state index contributed by atoms with van der Waals surface area (Å²) in [6.45, 7) is 2.48. The van der Waals surface area contributed by atoms with E-state index in [4.69, 9.17) is 5.73 Å². The minimum absolute atomic E-state index is 0.0785. The van der Waals surface area contributed by atoms with E-state index in [1.165, 1.54) is 30.5 Å². The third-order valence-electron chi connectivity index (χ3n) is 4.92. The number of aryl methyl sites for hydroxylation is 1. The molecule has 2 aromatic carbocycles. The molecule has 4 aromatic rings. The van der Waals surface area contributed by atoms with Gasteiger partial charge in [0.15, 0.2) is 0 Å².